The lowest BCUT2D eigenvalue weighted by molar-refractivity contribution is 0.420. The van der Waals surface area contributed by atoms with Gasteiger partial charge in [0.05, 0.1) is 7.11 Å². The number of halogens is 1. The van der Waals surface area contributed by atoms with Gasteiger partial charge in [0.1, 0.15) is 11.6 Å². The molecule has 0 saturated carbocycles. The first kappa shape index (κ1) is 13.7. The summed E-state index contributed by atoms with van der Waals surface area (Å²) >= 11 is 3.65. The smallest absolute Gasteiger partial charge is 0.136 e. The summed E-state index contributed by atoms with van der Waals surface area (Å²) in [5.74, 6) is 2.68. The maximum atomic E-state index is 5.46. The van der Waals surface area contributed by atoms with Crippen molar-refractivity contribution in [1.82, 2.24) is 4.98 Å². The van der Waals surface area contributed by atoms with E-state index in [9.17, 15) is 0 Å². The molecule has 0 radical (unpaired) electrons. The van der Waals surface area contributed by atoms with Crippen molar-refractivity contribution in [1.29, 1.82) is 0 Å². The molecule has 2 atom stereocenters. The van der Waals surface area contributed by atoms with Gasteiger partial charge in [-0.15, -0.1) is 0 Å². The molecule has 1 aliphatic rings. The monoisotopic (exact) mass is 334 g/mol. The number of hydrogen-bond donors (Lipinski definition) is 0. The van der Waals surface area contributed by atoms with E-state index in [-0.39, 0.29) is 0 Å². The number of ether oxygens (including phenoxy) is 1. The molecule has 2 aromatic rings. The molecule has 0 aliphatic carbocycles. The Kier molecular flexibility index (Phi) is 3.83. The molecule has 1 aromatic carbocycles. The molecule has 1 aliphatic heterocycles. The van der Waals surface area contributed by atoms with Gasteiger partial charge < -0.3 is 9.64 Å². The van der Waals surface area contributed by atoms with Crippen molar-refractivity contribution in [2.24, 2.45) is 5.92 Å². The van der Waals surface area contributed by atoms with Gasteiger partial charge >= 0.3 is 0 Å². The van der Waals surface area contributed by atoms with Crippen LogP contribution in [0, 0.1) is 5.92 Å². The number of aromatic nitrogens is 1. The Bertz CT molecular complexity index is 616. The van der Waals surface area contributed by atoms with E-state index in [0.29, 0.717) is 12.0 Å². The van der Waals surface area contributed by atoms with Gasteiger partial charge in [-0.05, 0) is 24.5 Å². The van der Waals surface area contributed by atoms with Gasteiger partial charge in [0, 0.05) is 34.9 Å². The Balaban J connectivity index is 2.12. The Morgan fingerprint density at radius 1 is 1.35 bits per heavy atom. The van der Waals surface area contributed by atoms with Crippen LogP contribution >= 0.6 is 15.9 Å². The number of methoxy groups -OCH3 is 1. The number of pyridine rings is 1. The normalized spacial score (nSPS) is 22.4. The van der Waals surface area contributed by atoms with Gasteiger partial charge in [-0.25, -0.2) is 4.98 Å². The average molecular weight is 335 g/mol. The van der Waals surface area contributed by atoms with Crippen molar-refractivity contribution < 1.29 is 4.74 Å². The molecule has 2 heterocycles. The Morgan fingerprint density at radius 3 is 2.95 bits per heavy atom. The molecule has 0 spiro atoms. The quantitative estimate of drug-likeness (QED) is 0.797. The molecule has 0 N–H and O–H groups in total. The van der Waals surface area contributed by atoms with E-state index in [1.807, 2.05) is 24.4 Å². The number of rotatable bonds is 3. The van der Waals surface area contributed by atoms with Gasteiger partial charge in [0.15, 0.2) is 0 Å². The third kappa shape index (κ3) is 2.16. The Labute approximate surface area is 128 Å². The van der Waals surface area contributed by atoms with E-state index < -0.39 is 0 Å². The molecule has 1 aromatic heterocycles. The minimum Gasteiger partial charge on any atom is -0.496 e. The van der Waals surface area contributed by atoms with Gasteiger partial charge in [-0.2, -0.15) is 0 Å². The lowest BCUT2D eigenvalue weighted by Gasteiger charge is -2.27. The first-order chi connectivity index (χ1) is 9.76. The van der Waals surface area contributed by atoms with Gasteiger partial charge in [-0.3, -0.25) is 0 Å². The minimum absolute atomic E-state index is 0.513. The molecule has 0 amide bonds. The molecule has 1 saturated heterocycles. The predicted molar refractivity (Wildman–Crippen MR) is 87.0 cm³/mol. The largest absolute Gasteiger partial charge is 0.496 e. The van der Waals surface area contributed by atoms with E-state index in [1.54, 1.807) is 7.11 Å². The summed E-state index contributed by atoms with van der Waals surface area (Å²) in [7, 11) is 1.72. The number of nitrogens with zero attached hydrogens (tertiary/aromatic N) is 2. The molecule has 0 bridgehead atoms. The highest BCUT2D eigenvalue weighted by Gasteiger charge is 2.31. The molecule has 2 unspecified atom stereocenters. The second-order valence-corrected chi connectivity index (χ2v) is 6.02. The highest BCUT2D eigenvalue weighted by Crippen LogP contribution is 2.36. The lowest BCUT2D eigenvalue weighted by atomic mass is 10.0. The van der Waals surface area contributed by atoms with E-state index in [2.05, 4.69) is 38.8 Å². The molecule has 4 heteroatoms. The second-order valence-electron chi connectivity index (χ2n) is 5.37. The van der Waals surface area contributed by atoms with Crippen LogP contribution in [0.3, 0.4) is 0 Å². The van der Waals surface area contributed by atoms with Crippen molar-refractivity contribution in [2.45, 2.75) is 19.4 Å². The summed E-state index contributed by atoms with van der Waals surface area (Å²) in [6, 6.07) is 8.71. The Hall–Kier alpha value is -1.29. The van der Waals surface area contributed by atoms with Crippen molar-refractivity contribution in [3.05, 3.63) is 30.5 Å². The van der Waals surface area contributed by atoms with Crippen LogP contribution in [0.25, 0.3) is 10.8 Å². The zero-order valence-corrected chi connectivity index (χ0v) is 13.4. The Morgan fingerprint density at radius 2 is 2.20 bits per heavy atom. The molecule has 1 fully saturated rings. The number of fused-ring (bicyclic) bond motifs is 1. The van der Waals surface area contributed by atoms with Crippen LogP contribution in [0.1, 0.15) is 13.3 Å². The van der Waals surface area contributed by atoms with Crippen molar-refractivity contribution in [3.8, 4) is 5.75 Å². The van der Waals surface area contributed by atoms with Gasteiger partial charge in [0.25, 0.3) is 0 Å². The topological polar surface area (TPSA) is 25.4 Å². The number of benzene rings is 1. The summed E-state index contributed by atoms with van der Waals surface area (Å²) in [5.41, 5.74) is 0. The van der Waals surface area contributed by atoms with E-state index in [4.69, 9.17) is 4.74 Å². The van der Waals surface area contributed by atoms with Crippen LogP contribution in [-0.4, -0.2) is 30.0 Å². The highest BCUT2D eigenvalue weighted by atomic mass is 79.9. The van der Waals surface area contributed by atoms with Crippen LogP contribution in [0.5, 0.6) is 5.75 Å². The van der Waals surface area contributed by atoms with E-state index in [1.165, 1.54) is 11.8 Å². The summed E-state index contributed by atoms with van der Waals surface area (Å²) in [5, 5.41) is 3.29. The first-order valence-electron chi connectivity index (χ1n) is 7.00. The summed E-state index contributed by atoms with van der Waals surface area (Å²) in [6.45, 7) is 3.39. The van der Waals surface area contributed by atoms with Gasteiger partial charge in [0.2, 0.25) is 0 Å². The summed E-state index contributed by atoms with van der Waals surface area (Å²) in [4.78, 5) is 7.08. The maximum absolute atomic E-state index is 5.46. The summed E-state index contributed by atoms with van der Waals surface area (Å²) in [6.07, 6.45) is 3.10. The molecule has 3 rings (SSSR count). The van der Waals surface area contributed by atoms with Crippen molar-refractivity contribution >= 4 is 32.5 Å². The van der Waals surface area contributed by atoms with Crippen LogP contribution in [-0.2, 0) is 0 Å². The molecular formula is C16H19BrN2O. The molecule has 106 valence electrons. The highest BCUT2D eigenvalue weighted by molar-refractivity contribution is 9.09. The van der Waals surface area contributed by atoms with Crippen LogP contribution in [0.4, 0.5) is 5.82 Å². The fourth-order valence-corrected chi connectivity index (χ4v) is 4.06. The third-order valence-corrected chi connectivity index (χ3v) is 4.94. The number of alkyl halides is 1. The average Bonchev–Trinajstić information content (AvgIpc) is 2.86. The molecule has 20 heavy (non-hydrogen) atoms. The van der Waals surface area contributed by atoms with Crippen molar-refractivity contribution in [2.75, 3.05) is 23.9 Å². The first-order valence-corrected chi connectivity index (χ1v) is 8.12. The lowest BCUT2D eigenvalue weighted by Crippen LogP contribution is -2.34. The van der Waals surface area contributed by atoms with Crippen molar-refractivity contribution in [3.63, 3.8) is 0 Å². The van der Waals surface area contributed by atoms with Crippen LogP contribution < -0.4 is 9.64 Å². The SMILES string of the molecule is COc1cccc2c(N3CCC(C)C3CBr)nccc12. The standard InChI is InChI=1S/C16H19BrN2O/c1-11-7-9-19(14(11)10-17)16-13-4-3-5-15(20-2)12(13)6-8-18-16/h3-6,8,11,14H,7,9-10H2,1-2H3. The third-order valence-electron chi connectivity index (χ3n) is 4.28. The molecule has 3 nitrogen and oxygen atoms in total. The van der Waals surface area contributed by atoms with Gasteiger partial charge in [-0.1, -0.05) is 35.0 Å². The second kappa shape index (κ2) is 5.60. The van der Waals surface area contributed by atoms with E-state index in [0.717, 1.165) is 28.8 Å². The van der Waals surface area contributed by atoms with E-state index >= 15 is 0 Å². The fraction of sp³-hybridized carbons (Fsp3) is 0.438. The van der Waals surface area contributed by atoms with Crippen LogP contribution in [0.15, 0.2) is 30.5 Å². The number of hydrogen-bond acceptors (Lipinski definition) is 3. The molecular weight excluding hydrogens is 316 g/mol. The van der Waals surface area contributed by atoms with Crippen LogP contribution in [0.2, 0.25) is 0 Å². The zero-order chi connectivity index (χ0) is 14.1. The summed E-state index contributed by atoms with van der Waals surface area (Å²) < 4.78 is 5.46. The maximum Gasteiger partial charge on any atom is 0.136 e. The fourth-order valence-electron chi connectivity index (χ4n) is 3.08. The number of anilines is 1. The predicted octanol–water partition coefficient (Wildman–Crippen LogP) is 3.85. The minimum atomic E-state index is 0.513. The zero-order valence-electron chi connectivity index (χ0n) is 11.8.